The molecule has 1 saturated heterocycles. The van der Waals surface area contributed by atoms with E-state index in [4.69, 9.17) is 14.2 Å². The van der Waals surface area contributed by atoms with Crippen molar-refractivity contribution in [3.05, 3.63) is 33.1 Å². The standard InChI is InChI=1S/C14H20N2O8/c1-2-3-10(19)22-7-23-12-11(20)8(6-17)24-13(12)16-5-4-9(18)15-14(16)21/h4-5,8,11-13,17,20H,2-3,6-7H2,1H3,(H,15,18,21)/t8-,11-,12-,13-/m1/s1. The Kier molecular flexibility index (Phi) is 6.26. The van der Waals surface area contributed by atoms with Crippen molar-refractivity contribution in [2.24, 2.45) is 0 Å². The Labute approximate surface area is 136 Å². The molecular formula is C14H20N2O8. The van der Waals surface area contributed by atoms with Gasteiger partial charge in [-0.1, -0.05) is 6.92 Å². The Bertz CT molecular complexity index is 669. The number of aliphatic hydroxyl groups is 2. The van der Waals surface area contributed by atoms with Gasteiger partial charge < -0.3 is 24.4 Å². The number of carbonyl (C=O) groups excluding carboxylic acids is 1. The molecule has 3 N–H and O–H groups in total. The molecule has 1 aliphatic heterocycles. The molecule has 0 aromatic carbocycles. The minimum absolute atomic E-state index is 0.231. The molecule has 0 spiro atoms. The van der Waals surface area contributed by atoms with Gasteiger partial charge >= 0.3 is 11.7 Å². The number of esters is 1. The molecule has 10 nitrogen and oxygen atoms in total. The van der Waals surface area contributed by atoms with Gasteiger partial charge in [0, 0.05) is 18.7 Å². The molecule has 0 amide bonds. The van der Waals surface area contributed by atoms with Gasteiger partial charge in [0.15, 0.2) is 13.0 Å². The number of nitrogens with one attached hydrogen (secondary N) is 1. The van der Waals surface area contributed by atoms with Crippen LogP contribution in [-0.2, 0) is 19.0 Å². The molecule has 0 bridgehead atoms. The first kappa shape index (κ1) is 18.3. The summed E-state index contributed by atoms with van der Waals surface area (Å²) >= 11 is 0. The third-order valence-electron chi connectivity index (χ3n) is 3.55. The van der Waals surface area contributed by atoms with Crippen LogP contribution < -0.4 is 11.2 Å². The maximum absolute atomic E-state index is 11.9. The van der Waals surface area contributed by atoms with E-state index in [0.717, 1.165) is 10.6 Å². The maximum atomic E-state index is 11.9. The molecule has 134 valence electrons. The SMILES string of the molecule is CCCC(=O)OCO[C@@H]1[C@H](O)[C@@H](CO)O[C@H]1n1ccc(=O)[nH]c1=O. The Balaban J connectivity index is 2.13. The smallest absolute Gasteiger partial charge is 0.330 e. The van der Waals surface area contributed by atoms with Gasteiger partial charge in [-0.15, -0.1) is 0 Å². The van der Waals surface area contributed by atoms with Crippen LogP contribution in [0.1, 0.15) is 26.0 Å². The highest BCUT2D eigenvalue weighted by atomic mass is 16.7. The third-order valence-corrected chi connectivity index (χ3v) is 3.55. The summed E-state index contributed by atoms with van der Waals surface area (Å²) in [5.74, 6) is -0.456. The largest absolute Gasteiger partial charge is 0.438 e. The van der Waals surface area contributed by atoms with E-state index >= 15 is 0 Å². The fourth-order valence-corrected chi connectivity index (χ4v) is 2.36. The van der Waals surface area contributed by atoms with Crippen LogP contribution in [0.4, 0.5) is 0 Å². The van der Waals surface area contributed by atoms with Crippen LogP contribution in [-0.4, -0.2) is 57.4 Å². The summed E-state index contributed by atoms with van der Waals surface area (Å²) < 4.78 is 16.6. The second kappa shape index (κ2) is 8.20. The zero-order chi connectivity index (χ0) is 17.7. The quantitative estimate of drug-likeness (QED) is 0.400. The number of aromatic nitrogens is 2. The highest BCUT2D eigenvalue weighted by Gasteiger charge is 2.45. The highest BCUT2D eigenvalue weighted by molar-refractivity contribution is 5.69. The van der Waals surface area contributed by atoms with E-state index in [9.17, 15) is 24.6 Å². The zero-order valence-corrected chi connectivity index (χ0v) is 13.1. The normalized spacial score (nSPS) is 26.5. The molecule has 4 atom stereocenters. The van der Waals surface area contributed by atoms with Crippen molar-refractivity contribution < 1.29 is 29.2 Å². The monoisotopic (exact) mass is 344 g/mol. The van der Waals surface area contributed by atoms with Crippen LogP contribution in [0.2, 0.25) is 0 Å². The average molecular weight is 344 g/mol. The average Bonchev–Trinajstić information content (AvgIpc) is 2.84. The van der Waals surface area contributed by atoms with Crippen LogP contribution in [0.15, 0.2) is 21.9 Å². The lowest BCUT2D eigenvalue weighted by molar-refractivity contribution is -0.171. The van der Waals surface area contributed by atoms with Crippen LogP contribution in [0.3, 0.4) is 0 Å². The van der Waals surface area contributed by atoms with E-state index in [1.54, 1.807) is 0 Å². The van der Waals surface area contributed by atoms with Crippen molar-refractivity contribution in [2.75, 3.05) is 13.4 Å². The Morgan fingerprint density at radius 1 is 1.46 bits per heavy atom. The van der Waals surface area contributed by atoms with Crippen LogP contribution >= 0.6 is 0 Å². The summed E-state index contributed by atoms with van der Waals surface area (Å²) in [5, 5.41) is 19.4. The molecule has 1 aromatic heterocycles. The number of nitrogens with zero attached hydrogens (tertiary/aromatic N) is 1. The zero-order valence-electron chi connectivity index (χ0n) is 13.1. The van der Waals surface area contributed by atoms with Gasteiger partial charge in [0.05, 0.1) is 6.61 Å². The second-order valence-corrected chi connectivity index (χ2v) is 5.27. The van der Waals surface area contributed by atoms with Gasteiger partial charge in [-0.25, -0.2) is 4.79 Å². The molecule has 1 aromatic rings. The number of carbonyl (C=O) groups is 1. The van der Waals surface area contributed by atoms with Crippen molar-refractivity contribution in [1.29, 1.82) is 0 Å². The number of hydrogen-bond acceptors (Lipinski definition) is 8. The number of H-pyrrole nitrogens is 1. The van der Waals surface area contributed by atoms with E-state index in [1.165, 1.54) is 6.20 Å². The fraction of sp³-hybridized carbons (Fsp3) is 0.643. The van der Waals surface area contributed by atoms with Gasteiger partial charge in [-0.3, -0.25) is 19.1 Å². The minimum Gasteiger partial charge on any atom is -0.438 e. The second-order valence-electron chi connectivity index (χ2n) is 5.27. The van der Waals surface area contributed by atoms with Crippen molar-refractivity contribution in [2.45, 2.75) is 44.3 Å². The molecule has 24 heavy (non-hydrogen) atoms. The number of aliphatic hydroxyl groups excluding tert-OH is 2. The molecule has 1 fully saturated rings. The molecular weight excluding hydrogens is 324 g/mol. The highest BCUT2D eigenvalue weighted by Crippen LogP contribution is 2.30. The summed E-state index contributed by atoms with van der Waals surface area (Å²) in [6.07, 6.45) is -2.34. The maximum Gasteiger partial charge on any atom is 0.330 e. The number of aromatic amines is 1. The number of rotatable bonds is 7. The molecule has 2 heterocycles. The van der Waals surface area contributed by atoms with Crippen molar-refractivity contribution in [3.63, 3.8) is 0 Å². The van der Waals surface area contributed by atoms with Crippen molar-refractivity contribution >= 4 is 5.97 Å². The molecule has 10 heteroatoms. The predicted octanol–water partition coefficient (Wildman–Crippen LogP) is -1.53. The van der Waals surface area contributed by atoms with E-state index in [0.29, 0.717) is 6.42 Å². The van der Waals surface area contributed by atoms with Crippen molar-refractivity contribution in [1.82, 2.24) is 9.55 Å². The van der Waals surface area contributed by atoms with Gasteiger partial charge in [-0.05, 0) is 6.42 Å². The summed E-state index contributed by atoms with van der Waals surface area (Å²) in [6.45, 7) is 0.892. The van der Waals surface area contributed by atoms with Crippen molar-refractivity contribution in [3.8, 4) is 0 Å². The summed E-state index contributed by atoms with van der Waals surface area (Å²) in [5.41, 5.74) is -1.34. The lowest BCUT2D eigenvalue weighted by atomic mass is 10.1. The number of ether oxygens (including phenoxy) is 3. The first-order chi connectivity index (χ1) is 11.5. The van der Waals surface area contributed by atoms with Crippen LogP contribution in [0, 0.1) is 0 Å². The molecule has 0 aliphatic carbocycles. The Morgan fingerprint density at radius 2 is 2.21 bits per heavy atom. The van der Waals surface area contributed by atoms with Gasteiger partial charge in [0.1, 0.15) is 18.3 Å². The first-order valence-electron chi connectivity index (χ1n) is 7.51. The van der Waals surface area contributed by atoms with E-state index in [2.05, 4.69) is 4.98 Å². The predicted molar refractivity (Wildman–Crippen MR) is 79.1 cm³/mol. The summed E-state index contributed by atoms with van der Waals surface area (Å²) in [7, 11) is 0. The van der Waals surface area contributed by atoms with Gasteiger partial charge in [0.25, 0.3) is 5.56 Å². The van der Waals surface area contributed by atoms with Crippen LogP contribution in [0.25, 0.3) is 0 Å². The summed E-state index contributed by atoms with van der Waals surface area (Å²) in [4.78, 5) is 36.4. The van der Waals surface area contributed by atoms with E-state index < -0.39 is 55.2 Å². The minimum atomic E-state index is -1.25. The molecule has 1 aliphatic rings. The lowest BCUT2D eigenvalue weighted by Gasteiger charge is -2.21. The Morgan fingerprint density at radius 3 is 2.83 bits per heavy atom. The molecule has 0 unspecified atom stereocenters. The van der Waals surface area contributed by atoms with Gasteiger partial charge in [0.2, 0.25) is 0 Å². The van der Waals surface area contributed by atoms with Gasteiger partial charge in [-0.2, -0.15) is 0 Å². The first-order valence-corrected chi connectivity index (χ1v) is 7.51. The van der Waals surface area contributed by atoms with Crippen LogP contribution in [0.5, 0.6) is 0 Å². The molecule has 0 saturated carbocycles. The third kappa shape index (κ3) is 4.09. The fourth-order valence-electron chi connectivity index (χ4n) is 2.36. The molecule has 2 rings (SSSR count). The topological polar surface area (TPSA) is 140 Å². The van der Waals surface area contributed by atoms with E-state index in [-0.39, 0.29) is 6.42 Å². The lowest BCUT2D eigenvalue weighted by Crippen LogP contribution is -2.39. The molecule has 0 radical (unpaired) electrons. The van der Waals surface area contributed by atoms with E-state index in [1.807, 2.05) is 6.92 Å². The Hall–Kier alpha value is -2.01. The summed E-state index contributed by atoms with van der Waals surface area (Å²) in [6, 6.07) is 1.11. The number of hydrogen-bond donors (Lipinski definition) is 3.